The first-order valence-electron chi connectivity index (χ1n) is 5.29. The van der Waals surface area contributed by atoms with Gasteiger partial charge in [0, 0.05) is 6.61 Å². The monoisotopic (exact) mass is 223 g/mol. The summed E-state index contributed by atoms with van der Waals surface area (Å²) < 4.78 is 13.7. The Kier molecular flexibility index (Phi) is 2.92. The lowest BCUT2D eigenvalue weighted by Gasteiger charge is -2.04. The quantitative estimate of drug-likeness (QED) is 0.786. The van der Waals surface area contributed by atoms with Crippen LogP contribution in [-0.4, -0.2) is 17.6 Å². The van der Waals surface area contributed by atoms with Gasteiger partial charge in [-0.3, -0.25) is 4.79 Å². The molecule has 0 saturated carbocycles. The van der Waals surface area contributed by atoms with Crippen LogP contribution in [0.4, 0.5) is 4.39 Å². The van der Waals surface area contributed by atoms with Crippen molar-refractivity contribution in [3.05, 3.63) is 34.6 Å². The van der Waals surface area contributed by atoms with Gasteiger partial charge in [0.25, 0.3) is 0 Å². The number of hydrogen-bond acceptors (Lipinski definition) is 2. The van der Waals surface area contributed by atoms with Crippen molar-refractivity contribution in [3.8, 4) is 0 Å². The Bertz CT molecular complexity index is 431. The molecule has 4 heteroatoms. The molecule has 86 valence electrons. The van der Waals surface area contributed by atoms with E-state index in [-0.39, 0.29) is 24.8 Å². The van der Waals surface area contributed by atoms with E-state index in [2.05, 4.69) is 0 Å². The minimum atomic E-state index is -0.462. The minimum Gasteiger partial charge on any atom is -0.396 e. The lowest BCUT2D eigenvalue weighted by atomic mass is 10.0. The average Bonchev–Trinajstić information content (AvgIpc) is 2.60. The van der Waals surface area contributed by atoms with Crippen LogP contribution >= 0.6 is 0 Å². The van der Waals surface area contributed by atoms with Crippen molar-refractivity contribution in [2.75, 3.05) is 6.61 Å². The molecule has 2 rings (SSSR count). The van der Waals surface area contributed by atoms with Crippen molar-refractivity contribution in [3.63, 3.8) is 0 Å². The maximum atomic E-state index is 13.7. The van der Waals surface area contributed by atoms with Crippen LogP contribution in [0.2, 0.25) is 0 Å². The fraction of sp³-hybridized carbons (Fsp3) is 0.417. The summed E-state index contributed by atoms with van der Waals surface area (Å²) in [5, 5.41) is 9.05. The van der Waals surface area contributed by atoms with E-state index in [1.54, 1.807) is 0 Å². The number of halogens is 1. The zero-order valence-corrected chi connectivity index (χ0v) is 8.87. The number of nitrogens with two attached hydrogens (primary N) is 1. The summed E-state index contributed by atoms with van der Waals surface area (Å²) >= 11 is 0. The van der Waals surface area contributed by atoms with E-state index in [1.807, 2.05) is 6.07 Å². The molecule has 0 radical (unpaired) electrons. The second-order valence-electron chi connectivity index (χ2n) is 4.32. The maximum Gasteiger partial charge on any atom is 0.221 e. The van der Waals surface area contributed by atoms with E-state index >= 15 is 0 Å². The van der Waals surface area contributed by atoms with Crippen molar-refractivity contribution < 1.29 is 14.3 Å². The van der Waals surface area contributed by atoms with Gasteiger partial charge in [0.15, 0.2) is 0 Å². The fourth-order valence-corrected chi connectivity index (χ4v) is 2.27. The highest BCUT2D eigenvalue weighted by Gasteiger charge is 2.24. The molecule has 0 aliphatic heterocycles. The van der Waals surface area contributed by atoms with Crippen LogP contribution in [0.5, 0.6) is 0 Å². The molecule has 0 fully saturated rings. The number of benzene rings is 1. The normalized spacial score (nSPS) is 18.5. The van der Waals surface area contributed by atoms with Gasteiger partial charge in [-0.25, -0.2) is 4.39 Å². The number of rotatable bonds is 3. The van der Waals surface area contributed by atoms with Gasteiger partial charge in [-0.1, -0.05) is 6.07 Å². The molecule has 0 bridgehead atoms. The fourth-order valence-electron chi connectivity index (χ4n) is 2.27. The summed E-state index contributed by atoms with van der Waals surface area (Å²) in [5.41, 5.74) is 7.26. The van der Waals surface area contributed by atoms with Crippen molar-refractivity contribution in [2.45, 2.75) is 19.3 Å². The number of hydrogen-bond donors (Lipinski definition) is 2. The average molecular weight is 223 g/mol. The van der Waals surface area contributed by atoms with Crippen LogP contribution < -0.4 is 5.73 Å². The smallest absolute Gasteiger partial charge is 0.221 e. The van der Waals surface area contributed by atoms with E-state index in [9.17, 15) is 9.18 Å². The summed E-state index contributed by atoms with van der Waals surface area (Å²) in [4.78, 5) is 10.8. The lowest BCUT2D eigenvalue weighted by Crippen LogP contribution is -2.14. The summed E-state index contributed by atoms with van der Waals surface area (Å²) in [5.74, 6) is -0.644. The predicted molar refractivity (Wildman–Crippen MR) is 57.3 cm³/mol. The Morgan fingerprint density at radius 3 is 2.88 bits per heavy atom. The van der Waals surface area contributed by atoms with Gasteiger partial charge in [0.1, 0.15) is 5.82 Å². The molecule has 0 saturated heterocycles. The number of aliphatic hydroxyl groups excluding tert-OH is 1. The van der Waals surface area contributed by atoms with E-state index < -0.39 is 5.91 Å². The summed E-state index contributed by atoms with van der Waals surface area (Å²) in [6, 6.07) is 3.18. The van der Waals surface area contributed by atoms with Crippen molar-refractivity contribution in [1.29, 1.82) is 0 Å². The van der Waals surface area contributed by atoms with E-state index in [0.29, 0.717) is 24.0 Å². The summed E-state index contributed by atoms with van der Waals surface area (Å²) in [6.45, 7) is 0.0687. The molecule has 1 aliphatic carbocycles. The molecule has 0 heterocycles. The predicted octanol–water partition coefficient (Wildman–Crippen LogP) is 0.561. The lowest BCUT2D eigenvalue weighted by molar-refractivity contribution is -0.117. The number of aliphatic hydroxyl groups is 1. The number of amides is 1. The maximum absolute atomic E-state index is 13.7. The molecule has 3 N–H and O–H groups in total. The highest BCUT2D eigenvalue weighted by molar-refractivity contribution is 5.76. The van der Waals surface area contributed by atoms with Crippen LogP contribution in [-0.2, 0) is 24.1 Å². The number of fused-ring (bicyclic) bond motifs is 1. The zero-order valence-electron chi connectivity index (χ0n) is 8.87. The molecule has 1 atom stereocenters. The first-order chi connectivity index (χ1) is 7.60. The van der Waals surface area contributed by atoms with E-state index in [1.165, 1.54) is 6.07 Å². The summed E-state index contributed by atoms with van der Waals surface area (Å²) in [6.07, 6.45) is 1.32. The highest BCUT2D eigenvalue weighted by Crippen LogP contribution is 2.29. The Morgan fingerprint density at radius 1 is 1.50 bits per heavy atom. The molecule has 1 aromatic carbocycles. The standard InChI is InChI=1S/C12H14FNO2/c13-11-4-7(5-12(14)16)1-9-2-8(6-15)3-10(9)11/h1,4,8,15H,2-3,5-6H2,(H2,14,16). The molecule has 16 heavy (non-hydrogen) atoms. The van der Waals surface area contributed by atoms with Crippen molar-refractivity contribution >= 4 is 5.91 Å². The largest absolute Gasteiger partial charge is 0.396 e. The van der Waals surface area contributed by atoms with Crippen LogP contribution in [0.1, 0.15) is 16.7 Å². The second kappa shape index (κ2) is 4.22. The first-order valence-corrected chi connectivity index (χ1v) is 5.29. The molecule has 1 aliphatic rings. The van der Waals surface area contributed by atoms with Crippen LogP contribution in [0.3, 0.4) is 0 Å². The number of carbonyl (C=O) groups is 1. The molecule has 3 nitrogen and oxygen atoms in total. The van der Waals surface area contributed by atoms with Gasteiger partial charge in [-0.05, 0) is 41.5 Å². The first kappa shape index (κ1) is 11.1. The van der Waals surface area contributed by atoms with E-state index in [0.717, 1.165) is 5.56 Å². The Labute approximate surface area is 93.1 Å². The van der Waals surface area contributed by atoms with Gasteiger partial charge < -0.3 is 10.8 Å². The number of primary amides is 1. The molecule has 0 aromatic heterocycles. The Morgan fingerprint density at radius 2 is 2.25 bits per heavy atom. The van der Waals surface area contributed by atoms with Crippen LogP contribution in [0.15, 0.2) is 12.1 Å². The van der Waals surface area contributed by atoms with Crippen molar-refractivity contribution in [2.24, 2.45) is 11.7 Å². The minimum absolute atomic E-state index is 0.0635. The third kappa shape index (κ3) is 2.07. The van der Waals surface area contributed by atoms with Gasteiger partial charge in [-0.2, -0.15) is 0 Å². The van der Waals surface area contributed by atoms with Gasteiger partial charge in [0.05, 0.1) is 6.42 Å². The molecule has 1 unspecified atom stereocenters. The summed E-state index contributed by atoms with van der Waals surface area (Å²) in [7, 11) is 0. The topological polar surface area (TPSA) is 63.3 Å². The zero-order chi connectivity index (χ0) is 11.7. The van der Waals surface area contributed by atoms with Gasteiger partial charge in [0.2, 0.25) is 5.91 Å². The Hall–Kier alpha value is -1.42. The SMILES string of the molecule is NC(=O)Cc1cc(F)c2c(c1)CC(CO)C2. The molecule has 1 aromatic rings. The van der Waals surface area contributed by atoms with Gasteiger partial charge in [-0.15, -0.1) is 0 Å². The molecule has 1 amide bonds. The second-order valence-corrected chi connectivity index (χ2v) is 4.32. The van der Waals surface area contributed by atoms with Crippen LogP contribution in [0, 0.1) is 11.7 Å². The molecule has 0 spiro atoms. The third-order valence-corrected chi connectivity index (χ3v) is 2.99. The van der Waals surface area contributed by atoms with E-state index in [4.69, 9.17) is 10.8 Å². The third-order valence-electron chi connectivity index (χ3n) is 2.99. The Balaban J connectivity index is 2.30. The van der Waals surface area contributed by atoms with Crippen LogP contribution in [0.25, 0.3) is 0 Å². The number of carbonyl (C=O) groups excluding carboxylic acids is 1. The van der Waals surface area contributed by atoms with Crippen molar-refractivity contribution in [1.82, 2.24) is 0 Å². The van der Waals surface area contributed by atoms with Gasteiger partial charge >= 0.3 is 0 Å². The molecular weight excluding hydrogens is 209 g/mol. The highest BCUT2D eigenvalue weighted by atomic mass is 19.1. The molecular formula is C12H14FNO2.